The Labute approximate surface area is 220 Å². The quantitative estimate of drug-likeness (QED) is 0.292. The number of rotatable bonds is 6. The molecule has 8 nitrogen and oxygen atoms in total. The number of ether oxygens (including phenoxy) is 1. The molecule has 0 saturated heterocycles. The Morgan fingerprint density at radius 2 is 1.63 bits per heavy atom. The van der Waals surface area contributed by atoms with Crippen molar-refractivity contribution in [2.24, 2.45) is 10.1 Å². The molecule has 2 unspecified atom stereocenters. The lowest BCUT2D eigenvalue weighted by Crippen LogP contribution is -2.40. The lowest BCUT2D eigenvalue weighted by atomic mass is 9.97. The minimum absolute atomic E-state index is 0.134. The van der Waals surface area contributed by atoms with E-state index in [0.29, 0.717) is 6.42 Å². The lowest BCUT2D eigenvalue weighted by Gasteiger charge is -2.34. The maximum atomic E-state index is 9.66. The van der Waals surface area contributed by atoms with Crippen LogP contribution in [0.15, 0.2) is 113 Å². The van der Waals surface area contributed by atoms with Gasteiger partial charge in [-0.1, -0.05) is 60.7 Å². The molecule has 3 N–H and O–H groups in total. The largest absolute Gasteiger partial charge is 0.497 e. The monoisotopic (exact) mass is 505 g/mol. The molecule has 2 aliphatic heterocycles. The summed E-state index contributed by atoms with van der Waals surface area (Å²) < 4.78 is 5.33. The molecule has 0 aromatic heterocycles. The summed E-state index contributed by atoms with van der Waals surface area (Å²) in [7, 11) is 1.65. The third kappa shape index (κ3) is 4.47. The molecule has 6 rings (SSSR count). The molecular formula is C30H27N5O3. The predicted molar refractivity (Wildman–Crippen MR) is 147 cm³/mol. The first-order chi connectivity index (χ1) is 18.6. The maximum Gasteiger partial charge on any atom is 0.212 e. The molecule has 2 heterocycles. The Bertz CT molecular complexity index is 1500. The highest BCUT2D eigenvalue weighted by Gasteiger charge is 2.36. The normalized spacial score (nSPS) is 18.2. The van der Waals surface area contributed by atoms with Crippen LogP contribution in [0.25, 0.3) is 0 Å². The van der Waals surface area contributed by atoms with Gasteiger partial charge in [-0.15, -0.1) is 5.23 Å². The third-order valence-electron chi connectivity index (χ3n) is 6.87. The Morgan fingerprint density at radius 3 is 2.39 bits per heavy atom. The van der Waals surface area contributed by atoms with Gasteiger partial charge in [-0.05, 0) is 53.6 Å². The van der Waals surface area contributed by atoms with Crippen LogP contribution in [0.1, 0.15) is 34.7 Å². The summed E-state index contributed by atoms with van der Waals surface area (Å²) in [5.41, 5.74) is 6.99. The van der Waals surface area contributed by atoms with Crippen molar-refractivity contribution in [3.05, 3.63) is 125 Å². The van der Waals surface area contributed by atoms with Gasteiger partial charge in [0.2, 0.25) is 6.29 Å². The van der Waals surface area contributed by atoms with Gasteiger partial charge in [-0.25, -0.2) is 10.0 Å². The fourth-order valence-corrected chi connectivity index (χ4v) is 4.97. The van der Waals surface area contributed by atoms with E-state index in [9.17, 15) is 10.4 Å². The Hall–Kier alpha value is -4.66. The van der Waals surface area contributed by atoms with E-state index in [4.69, 9.17) is 14.8 Å². The number of hydrogen-bond acceptors (Lipinski definition) is 8. The van der Waals surface area contributed by atoms with Crippen LogP contribution in [0.4, 0.5) is 11.4 Å². The van der Waals surface area contributed by atoms with Crippen LogP contribution in [-0.4, -0.2) is 40.2 Å². The number of para-hydroxylation sites is 1. The number of anilines is 2. The third-order valence-corrected chi connectivity index (χ3v) is 6.87. The van der Waals surface area contributed by atoms with Gasteiger partial charge in [-0.3, -0.25) is 10.4 Å². The first kappa shape index (κ1) is 23.7. The fraction of sp³-hybridized carbons (Fsp3) is 0.133. The van der Waals surface area contributed by atoms with Crippen molar-refractivity contribution >= 4 is 22.8 Å². The Kier molecular flexibility index (Phi) is 6.25. The van der Waals surface area contributed by atoms with Crippen LogP contribution >= 0.6 is 0 Å². The van der Waals surface area contributed by atoms with Crippen molar-refractivity contribution < 1.29 is 15.2 Å². The summed E-state index contributed by atoms with van der Waals surface area (Å²) >= 11 is 0. The molecule has 0 aliphatic carbocycles. The molecule has 2 aliphatic rings. The molecule has 4 aromatic carbocycles. The molecule has 190 valence electrons. The average molecular weight is 506 g/mol. The van der Waals surface area contributed by atoms with Crippen molar-refractivity contribution in [2.45, 2.75) is 18.8 Å². The van der Waals surface area contributed by atoms with E-state index in [1.54, 1.807) is 25.3 Å². The number of nitrogens with zero attached hydrogens (tertiary/aromatic N) is 4. The molecule has 0 radical (unpaired) electrons. The molecular weight excluding hydrogens is 478 g/mol. The van der Waals surface area contributed by atoms with Gasteiger partial charge < -0.3 is 10.1 Å². The fourth-order valence-electron chi connectivity index (χ4n) is 4.97. The van der Waals surface area contributed by atoms with Crippen LogP contribution in [-0.2, 0) is 0 Å². The molecule has 4 aromatic rings. The number of hydrogen-bond donors (Lipinski definition) is 3. The summed E-state index contributed by atoms with van der Waals surface area (Å²) in [4.78, 5) is 5.16. The highest BCUT2D eigenvalue weighted by molar-refractivity contribution is 6.16. The lowest BCUT2D eigenvalue weighted by molar-refractivity contribution is 0.0290. The van der Waals surface area contributed by atoms with Gasteiger partial charge in [0.25, 0.3) is 0 Å². The number of aliphatic imine (C=N–C) groups is 1. The predicted octanol–water partition coefficient (Wildman–Crippen LogP) is 5.68. The van der Waals surface area contributed by atoms with Gasteiger partial charge in [0, 0.05) is 23.2 Å². The van der Waals surface area contributed by atoms with E-state index < -0.39 is 6.29 Å². The van der Waals surface area contributed by atoms with Gasteiger partial charge in [0.05, 0.1) is 30.3 Å². The number of nitrogens with one attached hydrogen (secondary N) is 1. The average Bonchev–Trinajstić information content (AvgIpc) is 3.43. The minimum Gasteiger partial charge on any atom is -0.497 e. The number of hydrazone groups is 1. The highest BCUT2D eigenvalue weighted by atomic mass is 16.8. The Morgan fingerprint density at radius 1 is 0.868 bits per heavy atom. The standard InChI is InChI=1S/C30H27N5O3/c1-38-24-16-14-20(15-17-24)27-19-28(22-10-7-11-23(18-22)35(36)37)34(33-27)30-31-26-13-6-5-12-25(26)29(32-30)21-8-3-2-4-9-21/h2-18,28,30-31,36-37H,19H2,1H3. The zero-order valence-electron chi connectivity index (χ0n) is 20.8. The smallest absolute Gasteiger partial charge is 0.212 e. The van der Waals surface area contributed by atoms with E-state index >= 15 is 0 Å². The molecule has 8 heteroatoms. The summed E-state index contributed by atoms with van der Waals surface area (Å²) in [5, 5.41) is 30.1. The van der Waals surface area contributed by atoms with Gasteiger partial charge in [-0.2, -0.15) is 5.10 Å². The molecule has 0 amide bonds. The van der Waals surface area contributed by atoms with E-state index in [0.717, 1.165) is 45.1 Å². The molecule has 2 atom stereocenters. The number of benzene rings is 4. The highest BCUT2D eigenvalue weighted by Crippen LogP contribution is 2.38. The van der Waals surface area contributed by atoms with Crippen molar-refractivity contribution in [1.82, 2.24) is 5.01 Å². The summed E-state index contributed by atoms with van der Waals surface area (Å²) in [5.74, 6) is 0.780. The topological polar surface area (TPSA) is 92.9 Å². The second-order valence-electron chi connectivity index (χ2n) is 9.17. The second-order valence-corrected chi connectivity index (χ2v) is 9.17. The molecule has 0 fully saturated rings. The van der Waals surface area contributed by atoms with E-state index in [2.05, 4.69) is 29.6 Å². The minimum atomic E-state index is -0.483. The van der Waals surface area contributed by atoms with Crippen LogP contribution < -0.4 is 15.3 Å². The van der Waals surface area contributed by atoms with Crippen molar-refractivity contribution in [3.8, 4) is 5.75 Å². The van der Waals surface area contributed by atoms with E-state index in [1.807, 2.05) is 65.7 Å². The van der Waals surface area contributed by atoms with Gasteiger partial charge in [0.15, 0.2) is 0 Å². The summed E-state index contributed by atoms with van der Waals surface area (Å²) in [6.45, 7) is 0. The van der Waals surface area contributed by atoms with Gasteiger partial charge >= 0.3 is 0 Å². The molecule has 38 heavy (non-hydrogen) atoms. The molecule has 0 bridgehead atoms. The summed E-state index contributed by atoms with van der Waals surface area (Å²) in [6, 6.07) is 33.1. The summed E-state index contributed by atoms with van der Waals surface area (Å²) in [6.07, 6.45) is 0.131. The van der Waals surface area contributed by atoms with Crippen molar-refractivity contribution in [1.29, 1.82) is 0 Å². The van der Waals surface area contributed by atoms with Crippen LogP contribution in [0.2, 0.25) is 0 Å². The van der Waals surface area contributed by atoms with E-state index in [-0.39, 0.29) is 17.0 Å². The SMILES string of the molecule is COc1ccc(C2=NN(C3N=C(c4ccccc4)c4ccccc4N3)C(c3cccc(N(O)O)c3)C2)cc1. The van der Waals surface area contributed by atoms with E-state index in [1.165, 1.54) is 0 Å². The van der Waals surface area contributed by atoms with Crippen LogP contribution in [0, 0.1) is 0 Å². The molecule has 0 spiro atoms. The maximum absolute atomic E-state index is 9.66. The zero-order chi connectivity index (χ0) is 26.1. The first-order valence-electron chi connectivity index (χ1n) is 12.4. The number of methoxy groups -OCH3 is 1. The van der Waals surface area contributed by atoms with Crippen LogP contribution in [0.3, 0.4) is 0 Å². The van der Waals surface area contributed by atoms with Crippen LogP contribution in [0.5, 0.6) is 5.75 Å². The Balaban J connectivity index is 1.45. The van der Waals surface area contributed by atoms with Gasteiger partial charge in [0.1, 0.15) is 5.75 Å². The zero-order valence-corrected chi connectivity index (χ0v) is 20.8. The van der Waals surface area contributed by atoms with Crippen molar-refractivity contribution in [2.75, 3.05) is 17.7 Å². The number of fused-ring (bicyclic) bond motifs is 1. The van der Waals surface area contributed by atoms with Crippen molar-refractivity contribution in [3.63, 3.8) is 0 Å². The second kappa shape index (κ2) is 10.0. The molecule has 0 saturated carbocycles. The first-order valence-corrected chi connectivity index (χ1v) is 12.4.